The number of aromatic hydroxyl groups is 1. The average molecular weight is 1460 g/mol. The maximum absolute atomic E-state index is 16.0. The molecule has 5 N–H and O–H groups in total. The van der Waals surface area contributed by atoms with Crippen LogP contribution in [0.15, 0.2) is 180 Å². The minimum atomic E-state index is -2.53. The molecule has 7 aromatic carbocycles. The summed E-state index contributed by atoms with van der Waals surface area (Å²) in [5.74, 6) is -9.06. The fourth-order valence-electron chi connectivity index (χ4n) is 17.0. The number of anilines is 1. The molecule has 3 aliphatic heterocycles. The number of cyclic esters (lactones) is 1. The molecule has 554 valence electrons. The van der Waals surface area contributed by atoms with Crippen LogP contribution in [0.1, 0.15) is 131 Å². The number of phenolic OH excluding ortho intramolecular Hbond substituents is 1. The molecule has 0 spiro atoms. The summed E-state index contributed by atoms with van der Waals surface area (Å²) < 4.78 is 66.2. The largest absolute Gasteiger partial charge is 0.502 e. The van der Waals surface area contributed by atoms with E-state index in [2.05, 4.69) is 10.6 Å². The Bertz CT molecular complexity index is 4720. The Morgan fingerprint density at radius 1 is 0.710 bits per heavy atom. The highest BCUT2D eigenvalue weighted by Crippen LogP contribution is 2.65. The van der Waals surface area contributed by atoms with E-state index in [1.165, 1.54) is 52.3 Å². The Kier molecular flexibility index (Phi) is 19.3. The number of nitrogens with one attached hydrogen (secondary N) is 2. The van der Waals surface area contributed by atoms with Gasteiger partial charge in [0, 0.05) is 61.4 Å². The minimum Gasteiger partial charge on any atom is -0.502 e. The van der Waals surface area contributed by atoms with Crippen molar-refractivity contribution in [1.29, 1.82) is 0 Å². The van der Waals surface area contributed by atoms with Crippen molar-refractivity contribution in [1.82, 2.24) is 5.32 Å². The van der Waals surface area contributed by atoms with Gasteiger partial charge in [0.15, 0.2) is 40.5 Å². The van der Waals surface area contributed by atoms with Crippen LogP contribution < -0.4 is 29.6 Å². The van der Waals surface area contributed by atoms with E-state index in [-0.39, 0.29) is 89.0 Å². The lowest BCUT2D eigenvalue weighted by molar-refractivity contribution is -0.346. The number of Topliss-reactive ketones (excluding diaryl/α,β-unsaturated/α-hetero) is 1. The van der Waals surface area contributed by atoms with Crippen LogP contribution in [0.4, 0.5) is 11.4 Å². The van der Waals surface area contributed by atoms with E-state index in [0.717, 1.165) is 25.0 Å². The number of hydrogen-bond acceptors (Lipinski definition) is 24. The molecule has 107 heavy (non-hydrogen) atoms. The summed E-state index contributed by atoms with van der Waals surface area (Å²) >= 11 is 0. The van der Waals surface area contributed by atoms with Gasteiger partial charge in [0.25, 0.3) is 5.91 Å². The average Bonchev–Trinajstić information content (AvgIpc) is 0.862. The number of hydrogen-bond donors (Lipinski definition) is 5. The smallest absolute Gasteiger partial charge is 0.350 e. The van der Waals surface area contributed by atoms with Gasteiger partial charge in [-0.25, -0.2) is 14.4 Å². The van der Waals surface area contributed by atoms with Crippen molar-refractivity contribution in [3.63, 3.8) is 0 Å². The number of methoxy groups -OCH3 is 2. The number of ketones is 1. The molecule has 0 unspecified atom stereocenters. The van der Waals surface area contributed by atoms with Crippen molar-refractivity contribution in [3.05, 3.63) is 219 Å². The first kappa shape index (κ1) is 72.5. The first-order valence-corrected chi connectivity index (χ1v) is 35.1. The van der Waals surface area contributed by atoms with Crippen LogP contribution in [0, 0.1) is 28.6 Å². The van der Waals surface area contributed by atoms with Crippen molar-refractivity contribution in [2.75, 3.05) is 39.5 Å². The van der Waals surface area contributed by atoms with E-state index in [1.54, 1.807) is 135 Å². The number of fused-ring (bicyclic) bond motifs is 8. The molecule has 25 heteroatoms. The third-order valence-corrected chi connectivity index (χ3v) is 22.4. The number of carbonyl (C=O) groups is 8. The molecule has 25 nitrogen and oxygen atoms in total. The summed E-state index contributed by atoms with van der Waals surface area (Å²) in [6.07, 6.45) is -9.68. The van der Waals surface area contributed by atoms with Crippen LogP contribution in [0.3, 0.4) is 0 Å². The van der Waals surface area contributed by atoms with Crippen molar-refractivity contribution < 1.29 is 106 Å². The summed E-state index contributed by atoms with van der Waals surface area (Å²) in [4.78, 5) is 121. The SMILES string of the molecule is COc1cc([C@@H]2c3cc4c(cc3[C@@H](Nc3ccc(N=Cc5ccc(C(=O)O[C@@H](C(=O)O[C@H]6C[C@@]7(O)[C@@H](OC(=O)c8ccccc8)[C@@H]8[C@]9(OC(C)=O)CO[C@@H]9C[C@H](O)[C@@]8(C)C(=O)[C@@H](OC(C)=O)C(=C6C)C7(C)C)[C@@H](NC(=O)c6ccccc6)c6ccccc6)cc5)cc3)[C@H]3COC(=O)[C@H]23)OCO4)cc(OC)c1O. The van der Waals surface area contributed by atoms with Gasteiger partial charge in [-0.05, 0) is 138 Å². The van der Waals surface area contributed by atoms with Gasteiger partial charge in [-0.15, -0.1) is 0 Å². The number of aliphatic hydroxyl groups excluding tert-OH is 1. The maximum atomic E-state index is 16.0. The Hall–Kier alpha value is -11.4. The molecule has 4 fully saturated rings. The number of nitrogens with zero attached hydrogens (tertiary/aromatic N) is 1. The highest BCUT2D eigenvalue weighted by atomic mass is 16.7. The van der Waals surface area contributed by atoms with Gasteiger partial charge in [-0.1, -0.05) is 92.7 Å². The van der Waals surface area contributed by atoms with Gasteiger partial charge in [-0.3, -0.25) is 29.0 Å². The predicted octanol–water partition coefficient (Wildman–Crippen LogP) is 9.89. The number of rotatable bonds is 19. The Labute approximate surface area is 615 Å². The number of ether oxygens (including phenoxy) is 11. The first-order chi connectivity index (χ1) is 51.3. The maximum Gasteiger partial charge on any atom is 0.350 e. The number of carbonyl (C=O) groups excluding carboxylic acids is 8. The van der Waals surface area contributed by atoms with Gasteiger partial charge >= 0.3 is 35.8 Å². The van der Waals surface area contributed by atoms with Crippen molar-refractivity contribution >= 4 is 65.1 Å². The second-order valence-corrected chi connectivity index (χ2v) is 28.7. The molecule has 14 rings (SSSR count). The zero-order chi connectivity index (χ0) is 75.6. The van der Waals surface area contributed by atoms with Gasteiger partial charge in [0.1, 0.15) is 30.0 Å². The first-order valence-electron chi connectivity index (χ1n) is 35.1. The van der Waals surface area contributed by atoms with Crippen LogP contribution >= 0.6 is 0 Å². The molecule has 2 saturated heterocycles. The number of benzene rings is 7. The second kappa shape index (κ2) is 28.5. The zero-order valence-corrected chi connectivity index (χ0v) is 59.7. The van der Waals surface area contributed by atoms with Gasteiger partial charge < -0.3 is 78.1 Å². The second-order valence-electron chi connectivity index (χ2n) is 28.7. The molecule has 0 aromatic heterocycles. The standard InChI is InChI=1S/C82H79N3O22/c1-42-60(37-82(96)73(106-76(93)48-22-16-11-17-23-48)71-80(6,61(88)36-62-81(71,40-100-62)107-44(3)87)72(90)69(103-43(2)86)65(42)79(82,4)5)104-78(95)70(66(46-18-12-9-13-19-46)85-74(91)47-20-14-10-15-21-47)105-75(92)49-26-24-45(25-27-49)38-83-51-28-30-52(31-29-51)84-67-54-35-57-56(101-41-102-57)34-53(54)63(64-55(67)39-99-77(64)94)50-32-58(97-7)68(89)59(33-50)98-8/h9-35,38,55,60-64,66-67,69-71,73,84,88-89,96H,36-37,39-41H2,1-8H3,(H,85,91)/t55-,60-,61-,62+,63+,64-,66-,67+,69-,70+,71-,73-,80+,81-,82+/m0/s1. The normalized spacial score (nSPS) is 27.5. The molecular weight excluding hydrogens is 1380 g/mol. The van der Waals surface area contributed by atoms with E-state index < -0.39 is 136 Å². The molecular formula is C82H79N3O22. The van der Waals surface area contributed by atoms with Gasteiger partial charge in [0.05, 0.1) is 73.6 Å². The van der Waals surface area contributed by atoms with E-state index in [9.17, 15) is 44.1 Å². The van der Waals surface area contributed by atoms with Crippen LogP contribution in [-0.4, -0.2) is 151 Å². The molecule has 4 aliphatic carbocycles. The highest BCUT2D eigenvalue weighted by molar-refractivity contribution is 5.98. The molecule has 2 saturated carbocycles. The summed E-state index contributed by atoms with van der Waals surface area (Å²) in [6.45, 7) is 7.95. The number of aliphatic hydroxyl groups is 2. The molecule has 0 radical (unpaired) electrons. The Morgan fingerprint density at radius 2 is 1.33 bits per heavy atom. The van der Waals surface area contributed by atoms with Crippen LogP contribution in [0.2, 0.25) is 0 Å². The Morgan fingerprint density at radius 3 is 1.93 bits per heavy atom. The number of esters is 6. The number of aliphatic imine (C=N–C) groups is 1. The lowest BCUT2D eigenvalue weighted by Gasteiger charge is -2.67. The van der Waals surface area contributed by atoms with Crippen LogP contribution in [0.5, 0.6) is 28.7 Å². The molecule has 15 atom stereocenters. The van der Waals surface area contributed by atoms with Crippen LogP contribution in [-0.2, 0) is 57.1 Å². The monoisotopic (exact) mass is 1460 g/mol. The van der Waals surface area contributed by atoms with E-state index >= 15 is 9.59 Å². The molecule has 7 aliphatic rings. The van der Waals surface area contributed by atoms with Gasteiger partial charge in [0.2, 0.25) is 18.6 Å². The van der Waals surface area contributed by atoms with Gasteiger partial charge in [-0.2, -0.15) is 0 Å². The van der Waals surface area contributed by atoms with Crippen molar-refractivity contribution in [2.45, 2.75) is 120 Å². The van der Waals surface area contributed by atoms with E-state index in [0.29, 0.717) is 34.0 Å². The molecule has 3 heterocycles. The van der Waals surface area contributed by atoms with E-state index in [1.807, 2.05) is 24.3 Å². The van der Waals surface area contributed by atoms with E-state index in [4.69, 9.17) is 57.1 Å². The molecule has 7 aromatic rings. The molecule has 1 amide bonds. The van der Waals surface area contributed by atoms with Crippen molar-refractivity contribution in [2.24, 2.45) is 33.6 Å². The quantitative estimate of drug-likeness (QED) is 0.0217. The fraction of sp³-hybridized carbons (Fsp3) is 0.354. The lowest BCUT2D eigenvalue weighted by atomic mass is 9.44. The predicted molar refractivity (Wildman–Crippen MR) is 381 cm³/mol. The summed E-state index contributed by atoms with van der Waals surface area (Å²) in [6, 6.07) is 42.7. The number of amides is 1. The zero-order valence-electron chi connectivity index (χ0n) is 59.7. The van der Waals surface area contributed by atoms with Crippen LogP contribution in [0.25, 0.3) is 0 Å². The summed E-state index contributed by atoms with van der Waals surface area (Å²) in [7, 11) is 2.87. The third-order valence-electron chi connectivity index (χ3n) is 22.4. The molecule has 2 bridgehead atoms. The third kappa shape index (κ3) is 12.8. The topological polar surface area (TPSA) is 335 Å². The number of phenols is 1. The summed E-state index contributed by atoms with van der Waals surface area (Å²) in [5, 5.41) is 44.1. The Balaban J connectivity index is 0.771. The minimum absolute atomic E-state index is 0.0179. The highest BCUT2D eigenvalue weighted by Gasteiger charge is 2.78. The summed E-state index contributed by atoms with van der Waals surface area (Å²) in [5.41, 5.74) is -3.80. The fourth-order valence-corrected chi connectivity index (χ4v) is 17.0. The van der Waals surface area contributed by atoms with Crippen molar-refractivity contribution in [3.8, 4) is 28.7 Å². The lowest BCUT2D eigenvalue weighted by Crippen LogP contribution is -2.82.